The summed E-state index contributed by atoms with van der Waals surface area (Å²) in [6.45, 7) is 4.59. The van der Waals surface area contributed by atoms with Crippen LogP contribution in [0.3, 0.4) is 0 Å². The van der Waals surface area contributed by atoms with Gasteiger partial charge < -0.3 is 4.74 Å². The van der Waals surface area contributed by atoms with E-state index >= 15 is 0 Å². The molecule has 0 saturated heterocycles. The number of hydrazine groups is 1. The number of amides is 2. The monoisotopic (exact) mass is 388 g/mol. The van der Waals surface area contributed by atoms with Gasteiger partial charge >= 0.3 is 0 Å². The first kappa shape index (κ1) is 20.8. The zero-order valence-electron chi connectivity index (χ0n) is 15.7. The van der Waals surface area contributed by atoms with Gasteiger partial charge in [-0.05, 0) is 61.6 Å². The van der Waals surface area contributed by atoms with Crippen molar-refractivity contribution >= 4 is 23.4 Å². The molecule has 0 aliphatic heterocycles. The Bertz CT molecular complexity index is 775. The predicted octanol–water partition coefficient (Wildman–Crippen LogP) is 3.90. The highest BCUT2D eigenvalue weighted by Gasteiger charge is 2.06. The smallest absolute Gasteiger partial charge is 0.242 e. The van der Waals surface area contributed by atoms with Crippen molar-refractivity contribution < 1.29 is 14.3 Å². The fourth-order valence-corrected chi connectivity index (χ4v) is 2.59. The standard InChI is InChI=1S/C21H25ClN2O3/c1-15-6-7-16(2)19(13-15)27-12-4-3-5-20(25)23-24-21(26)14-17-8-10-18(22)11-9-17/h6-11,13H,3-5,12,14H2,1-2H3,(H,23,25)(H,24,26). The van der Waals surface area contributed by atoms with Crippen molar-refractivity contribution in [1.82, 2.24) is 10.9 Å². The third kappa shape index (κ3) is 7.71. The van der Waals surface area contributed by atoms with Gasteiger partial charge in [0.1, 0.15) is 5.75 Å². The fourth-order valence-electron chi connectivity index (χ4n) is 2.47. The molecule has 0 radical (unpaired) electrons. The number of aryl methyl sites for hydroxylation is 2. The summed E-state index contributed by atoms with van der Waals surface area (Å²) in [6.07, 6.45) is 1.96. The van der Waals surface area contributed by atoms with Crippen molar-refractivity contribution in [2.24, 2.45) is 0 Å². The second-order valence-corrected chi connectivity index (χ2v) is 6.91. The molecule has 2 rings (SSSR count). The van der Waals surface area contributed by atoms with Crippen LogP contribution >= 0.6 is 11.6 Å². The number of halogens is 1. The summed E-state index contributed by atoms with van der Waals surface area (Å²) < 4.78 is 5.76. The molecule has 27 heavy (non-hydrogen) atoms. The van der Waals surface area contributed by atoms with Crippen LogP contribution < -0.4 is 15.6 Å². The van der Waals surface area contributed by atoms with Crippen molar-refractivity contribution in [3.63, 3.8) is 0 Å². The molecule has 2 aromatic carbocycles. The molecule has 0 unspecified atom stereocenters. The largest absolute Gasteiger partial charge is 0.493 e. The van der Waals surface area contributed by atoms with Gasteiger partial charge in [0.2, 0.25) is 11.8 Å². The Kier molecular flexibility index (Phi) is 8.14. The van der Waals surface area contributed by atoms with E-state index in [-0.39, 0.29) is 18.2 Å². The Morgan fingerprint density at radius 1 is 0.963 bits per heavy atom. The second-order valence-electron chi connectivity index (χ2n) is 6.47. The number of hydrogen-bond acceptors (Lipinski definition) is 3. The Labute approximate surface area is 165 Å². The average molecular weight is 389 g/mol. The molecular formula is C21H25ClN2O3. The maximum absolute atomic E-state index is 11.8. The molecular weight excluding hydrogens is 364 g/mol. The number of rotatable bonds is 8. The first-order chi connectivity index (χ1) is 12.9. The molecule has 2 aromatic rings. The van der Waals surface area contributed by atoms with E-state index in [1.54, 1.807) is 24.3 Å². The highest BCUT2D eigenvalue weighted by Crippen LogP contribution is 2.19. The van der Waals surface area contributed by atoms with Gasteiger partial charge in [-0.3, -0.25) is 20.4 Å². The lowest BCUT2D eigenvalue weighted by molar-refractivity contribution is -0.128. The molecule has 144 valence electrons. The number of unbranched alkanes of at least 4 members (excludes halogenated alkanes) is 1. The molecule has 0 spiro atoms. The predicted molar refractivity (Wildman–Crippen MR) is 107 cm³/mol. The molecule has 0 bridgehead atoms. The highest BCUT2D eigenvalue weighted by atomic mass is 35.5. The third-order valence-electron chi connectivity index (χ3n) is 4.02. The van der Waals surface area contributed by atoms with Crippen LogP contribution in [-0.2, 0) is 16.0 Å². The molecule has 0 aliphatic rings. The van der Waals surface area contributed by atoms with Crippen LogP contribution in [0, 0.1) is 13.8 Å². The highest BCUT2D eigenvalue weighted by molar-refractivity contribution is 6.30. The number of nitrogens with one attached hydrogen (secondary N) is 2. The number of ether oxygens (including phenoxy) is 1. The fraction of sp³-hybridized carbons (Fsp3) is 0.333. The van der Waals surface area contributed by atoms with E-state index in [0.717, 1.165) is 28.9 Å². The lowest BCUT2D eigenvalue weighted by Gasteiger charge is -2.10. The van der Waals surface area contributed by atoms with Crippen LogP contribution in [0.2, 0.25) is 5.02 Å². The summed E-state index contributed by atoms with van der Waals surface area (Å²) in [5.74, 6) is 0.393. The molecule has 0 heterocycles. The van der Waals surface area contributed by atoms with Gasteiger partial charge in [-0.15, -0.1) is 0 Å². The zero-order chi connectivity index (χ0) is 19.6. The van der Waals surface area contributed by atoms with Crippen LogP contribution in [0.1, 0.15) is 36.0 Å². The van der Waals surface area contributed by atoms with E-state index in [2.05, 4.69) is 10.9 Å². The molecule has 0 saturated carbocycles. The maximum Gasteiger partial charge on any atom is 0.242 e. The molecule has 0 fully saturated rings. The van der Waals surface area contributed by atoms with Gasteiger partial charge in [0.25, 0.3) is 0 Å². The first-order valence-corrected chi connectivity index (χ1v) is 9.34. The Balaban J connectivity index is 1.58. The van der Waals surface area contributed by atoms with Crippen molar-refractivity contribution in [2.75, 3.05) is 6.61 Å². The van der Waals surface area contributed by atoms with E-state index in [4.69, 9.17) is 16.3 Å². The lowest BCUT2D eigenvalue weighted by atomic mass is 10.1. The van der Waals surface area contributed by atoms with E-state index in [1.807, 2.05) is 32.0 Å². The van der Waals surface area contributed by atoms with Crippen LogP contribution in [0.15, 0.2) is 42.5 Å². The zero-order valence-corrected chi connectivity index (χ0v) is 16.4. The van der Waals surface area contributed by atoms with Gasteiger partial charge in [0.15, 0.2) is 0 Å². The van der Waals surface area contributed by atoms with E-state index in [1.165, 1.54) is 0 Å². The van der Waals surface area contributed by atoms with Gasteiger partial charge in [-0.2, -0.15) is 0 Å². The minimum absolute atomic E-state index is 0.182. The molecule has 6 heteroatoms. The van der Waals surface area contributed by atoms with E-state index < -0.39 is 0 Å². The molecule has 2 amide bonds. The molecule has 0 aromatic heterocycles. The van der Waals surface area contributed by atoms with Gasteiger partial charge in [-0.1, -0.05) is 35.9 Å². The molecule has 5 nitrogen and oxygen atoms in total. The van der Waals surface area contributed by atoms with E-state index in [0.29, 0.717) is 24.5 Å². The van der Waals surface area contributed by atoms with Crippen LogP contribution in [0.25, 0.3) is 0 Å². The summed E-state index contributed by atoms with van der Waals surface area (Å²) in [7, 11) is 0. The second kappa shape index (κ2) is 10.6. The topological polar surface area (TPSA) is 67.4 Å². The summed E-state index contributed by atoms with van der Waals surface area (Å²) >= 11 is 5.80. The van der Waals surface area contributed by atoms with Crippen molar-refractivity contribution in [3.05, 3.63) is 64.2 Å². The number of carbonyl (C=O) groups is 2. The van der Waals surface area contributed by atoms with E-state index in [9.17, 15) is 9.59 Å². The first-order valence-electron chi connectivity index (χ1n) is 8.96. The summed E-state index contributed by atoms with van der Waals surface area (Å²) in [4.78, 5) is 23.6. The lowest BCUT2D eigenvalue weighted by Crippen LogP contribution is -2.42. The Morgan fingerprint density at radius 3 is 2.41 bits per heavy atom. The molecule has 0 aliphatic carbocycles. The Morgan fingerprint density at radius 2 is 1.67 bits per heavy atom. The SMILES string of the molecule is Cc1ccc(C)c(OCCCCC(=O)NNC(=O)Cc2ccc(Cl)cc2)c1. The normalized spacial score (nSPS) is 10.3. The Hall–Kier alpha value is -2.53. The van der Waals surface area contributed by atoms with Gasteiger partial charge in [0.05, 0.1) is 13.0 Å². The summed E-state index contributed by atoms with van der Waals surface area (Å²) in [5, 5.41) is 0.619. The molecule has 0 atom stereocenters. The van der Waals surface area contributed by atoms with Crippen LogP contribution in [0.5, 0.6) is 5.75 Å². The maximum atomic E-state index is 11.8. The number of hydrogen-bond donors (Lipinski definition) is 2. The number of carbonyl (C=O) groups excluding carboxylic acids is 2. The number of benzene rings is 2. The van der Waals surface area contributed by atoms with Gasteiger partial charge in [-0.25, -0.2) is 0 Å². The summed E-state index contributed by atoms with van der Waals surface area (Å²) in [5.41, 5.74) is 7.94. The van der Waals surface area contributed by atoms with Crippen molar-refractivity contribution in [1.29, 1.82) is 0 Å². The van der Waals surface area contributed by atoms with Crippen molar-refractivity contribution in [2.45, 2.75) is 39.5 Å². The third-order valence-corrected chi connectivity index (χ3v) is 4.27. The molecule has 2 N–H and O–H groups in total. The van der Waals surface area contributed by atoms with Gasteiger partial charge in [0, 0.05) is 11.4 Å². The summed E-state index contributed by atoms with van der Waals surface area (Å²) in [6, 6.07) is 13.1. The quantitative estimate of drug-likeness (QED) is 0.532. The minimum Gasteiger partial charge on any atom is -0.493 e. The van der Waals surface area contributed by atoms with Crippen LogP contribution in [0.4, 0.5) is 0 Å². The van der Waals surface area contributed by atoms with Crippen LogP contribution in [-0.4, -0.2) is 18.4 Å². The minimum atomic E-state index is -0.274. The average Bonchev–Trinajstić information content (AvgIpc) is 2.64. The van der Waals surface area contributed by atoms with Crippen molar-refractivity contribution in [3.8, 4) is 5.75 Å².